The number of Topliss-reactive ketones (excluding diaryl/α,β-unsaturated/α-hetero) is 1. The largest absolute Gasteiger partial charge is 0.482 e. The molecule has 2 amide bonds. The fraction of sp³-hybridized carbons (Fsp3) is 0.324. The summed E-state index contributed by atoms with van der Waals surface area (Å²) in [6.45, 7) is 5.78. The van der Waals surface area contributed by atoms with Crippen LogP contribution >= 0.6 is 0 Å². The quantitative estimate of drug-likeness (QED) is 0.172. The van der Waals surface area contributed by atoms with E-state index in [1.165, 1.54) is 0 Å². The number of carboxylic acid groups (broad SMARTS) is 1. The topological polar surface area (TPSA) is 174 Å². The van der Waals surface area contributed by atoms with E-state index >= 15 is 0 Å². The zero-order valence-electron chi connectivity index (χ0n) is 25.6. The SMILES string of the molecule is CCC(=O)c1ccc(C[C@H](N)C(=O)N[C@@H](CC(C)C)C(=O)O)cc1.O=C1COc2ccc(C(=O)OCc3ccccc3)cc2N1. The van der Waals surface area contributed by atoms with Crippen LogP contribution in [0, 0.1) is 5.92 Å². The van der Waals surface area contributed by atoms with Crippen molar-refractivity contribution in [3.8, 4) is 5.75 Å². The Morgan fingerprint density at radius 1 is 0.978 bits per heavy atom. The van der Waals surface area contributed by atoms with Crippen LogP contribution in [0.4, 0.5) is 5.69 Å². The highest BCUT2D eigenvalue weighted by atomic mass is 16.5. The first-order chi connectivity index (χ1) is 21.5. The van der Waals surface area contributed by atoms with Crippen LogP contribution in [0.15, 0.2) is 72.8 Å². The summed E-state index contributed by atoms with van der Waals surface area (Å²) in [6.07, 6.45) is 1.07. The number of hydrogen-bond donors (Lipinski definition) is 4. The van der Waals surface area contributed by atoms with E-state index < -0.39 is 29.9 Å². The maximum absolute atomic E-state index is 12.1. The molecular formula is C34H39N3O8. The van der Waals surface area contributed by atoms with Crippen LogP contribution in [-0.4, -0.2) is 53.3 Å². The van der Waals surface area contributed by atoms with Gasteiger partial charge in [0.25, 0.3) is 5.91 Å². The number of hydrogen-bond acceptors (Lipinski definition) is 8. The molecule has 1 aliphatic heterocycles. The van der Waals surface area contributed by atoms with E-state index in [1.807, 2.05) is 44.2 Å². The van der Waals surface area contributed by atoms with Crippen molar-refractivity contribution in [2.75, 3.05) is 11.9 Å². The molecule has 3 aromatic carbocycles. The molecule has 1 heterocycles. The number of benzene rings is 3. The second-order valence-corrected chi connectivity index (χ2v) is 10.9. The summed E-state index contributed by atoms with van der Waals surface area (Å²) < 4.78 is 10.5. The van der Waals surface area contributed by atoms with Gasteiger partial charge < -0.3 is 30.9 Å². The van der Waals surface area contributed by atoms with E-state index in [-0.39, 0.29) is 37.2 Å². The van der Waals surface area contributed by atoms with Crippen LogP contribution in [0.25, 0.3) is 0 Å². The number of nitrogens with two attached hydrogens (primary N) is 1. The first-order valence-corrected chi connectivity index (χ1v) is 14.7. The van der Waals surface area contributed by atoms with Crippen LogP contribution in [0.3, 0.4) is 0 Å². The highest BCUT2D eigenvalue weighted by Gasteiger charge is 2.24. The Morgan fingerprint density at radius 3 is 2.27 bits per heavy atom. The summed E-state index contributed by atoms with van der Waals surface area (Å²) in [5, 5.41) is 14.3. The Labute approximate surface area is 262 Å². The number of anilines is 1. The lowest BCUT2D eigenvalue weighted by molar-refractivity contribution is -0.142. The Bertz CT molecular complexity index is 1490. The van der Waals surface area contributed by atoms with Gasteiger partial charge in [-0.3, -0.25) is 14.4 Å². The van der Waals surface area contributed by atoms with E-state index in [4.69, 9.17) is 20.3 Å². The standard InChI is InChI=1S/C18H26N2O4.C16H13NO4/c1-4-16(21)13-7-5-12(6-8-13)10-14(19)17(22)20-15(18(23)24)9-11(2)3;18-15-10-20-14-7-6-12(8-13(14)17-15)16(19)21-9-11-4-2-1-3-5-11/h5-8,11,14-15H,4,9-10,19H2,1-3H3,(H,20,22)(H,23,24);1-8H,9-10H2,(H,17,18)/t14-,15-;/m0./s1. The van der Waals surface area contributed by atoms with Crippen molar-refractivity contribution >= 4 is 35.2 Å². The van der Waals surface area contributed by atoms with Gasteiger partial charge in [-0.1, -0.05) is 75.4 Å². The molecule has 2 atom stereocenters. The molecule has 0 saturated carbocycles. The van der Waals surface area contributed by atoms with Crippen molar-refractivity contribution in [2.24, 2.45) is 11.7 Å². The van der Waals surface area contributed by atoms with Gasteiger partial charge in [0.15, 0.2) is 12.4 Å². The van der Waals surface area contributed by atoms with Gasteiger partial charge in [0.2, 0.25) is 5.91 Å². The number of carbonyl (C=O) groups is 5. The lowest BCUT2D eigenvalue weighted by Gasteiger charge is -2.19. The first kappa shape index (κ1) is 34.5. The van der Waals surface area contributed by atoms with E-state index in [2.05, 4.69) is 10.6 Å². The van der Waals surface area contributed by atoms with Gasteiger partial charge >= 0.3 is 11.9 Å². The number of amides is 2. The monoisotopic (exact) mass is 617 g/mol. The van der Waals surface area contributed by atoms with E-state index in [0.29, 0.717) is 35.4 Å². The number of carboxylic acids is 1. The molecular weight excluding hydrogens is 578 g/mol. The molecule has 0 fully saturated rings. The highest BCUT2D eigenvalue weighted by molar-refractivity contribution is 5.98. The molecule has 1 aliphatic rings. The molecule has 11 heteroatoms. The van der Waals surface area contributed by atoms with Gasteiger partial charge in [0.1, 0.15) is 18.4 Å². The predicted octanol–water partition coefficient (Wildman–Crippen LogP) is 4.14. The second-order valence-electron chi connectivity index (χ2n) is 10.9. The minimum Gasteiger partial charge on any atom is -0.482 e. The molecule has 238 valence electrons. The van der Waals surface area contributed by atoms with Crippen molar-refractivity contribution in [1.82, 2.24) is 5.32 Å². The number of nitrogens with one attached hydrogen (secondary N) is 2. The lowest BCUT2D eigenvalue weighted by Crippen LogP contribution is -2.49. The van der Waals surface area contributed by atoms with E-state index in [0.717, 1.165) is 11.1 Å². The first-order valence-electron chi connectivity index (χ1n) is 14.7. The molecule has 0 aromatic heterocycles. The molecule has 0 spiro atoms. The Kier molecular flexibility index (Phi) is 12.8. The predicted molar refractivity (Wildman–Crippen MR) is 168 cm³/mol. The van der Waals surface area contributed by atoms with Crippen molar-refractivity contribution in [3.05, 3.63) is 95.1 Å². The third-order valence-electron chi connectivity index (χ3n) is 6.77. The smallest absolute Gasteiger partial charge is 0.338 e. The van der Waals surface area contributed by atoms with Crippen LogP contribution in [0.2, 0.25) is 0 Å². The van der Waals surface area contributed by atoms with Crippen LogP contribution in [-0.2, 0) is 32.1 Å². The van der Waals surface area contributed by atoms with Gasteiger partial charge in [-0.25, -0.2) is 9.59 Å². The van der Waals surface area contributed by atoms with Crippen molar-refractivity contribution < 1.29 is 38.6 Å². The maximum atomic E-state index is 12.1. The molecule has 5 N–H and O–H groups in total. The van der Waals surface area contributed by atoms with Gasteiger partial charge in [0.05, 0.1) is 17.3 Å². The highest BCUT2D eigenvalue weighted by Crippen LogP contribution is 2.28. The van der Waals surface area contributed by atoms with Gasteiger partial charge in [-0.05, 0) is 48.1 Å². The number of esters is 1. The summed E-state index contributed by atoms with van der Waals surface area (Å²) in [6, 6.07) is 19.4. The fourth-order valence-corrected chi connectivity index (χ4v) is 4.37. The number of ketones is 1. The van der Waals surface area contributed by atoms with Crippen molar-refractivity contribution in [1.29, 1.82) is 0 Å². The molecule has 0 saturated heterocycles. The minimum absolute atomic E-state index is 0.00913. The van der Waals surface area contributed by atoms with Crippen LogP contribution in [0.1, 0.15) is 65.5 Å². The molecule has 11 nitrogen and oxygen atoms in total. The minimum atomic E-state index is -1.06. The maximum Gasteiger partial charge on any atom is 0.338 e. The van der Waals surface area contributed by atoms with Crippen molar-refractivity contribution in [3.63, 3.8) is 0 Å². The third-order valence-corrected chi connectivity index (χ3v) is 6.77. The molecule has 0 unspecified atom stereocenters. The van der Waals surface area contributed by atoms with Crippen molar-refractivity contribution in [2.45, 2.75) is 58.7 Å². The van der Waals surface area contributed by atoms with Gasteiger partial charge in [-0.15, -0.1) is 0 Å². The summed E-state index contributed by atoms with van der Waals surface area (Å²) in [5.74, 6) is -1.48. The fourth-order valence-electron chi connectivity index (χ4n) is 4.37. The zero-order valence-corrected chi connectivity index (χ0v) is 25.6. The van der Waals surface area contributed by atoms with Gasteiger partial charge in [0, 0.05) is 12.0 Å². The zero-order chi connectivity index (χ0) is 32.9. The lowest BCUT2D eigenvalue weighted by atomic mass is 10.0. The Morgan fingerprint density at radius 2 is 1.64 bits per heavy atom. The average Bonchev–Trinajstić information content (AvgIpc) is 3.03. The number of rotatable bonds is 12. The van der Waals surface area contributed by atoms with E-state index in [1.54, 1.807) is 49.4 Å². The normalized spacial score (nSPS) is 13.1. The molecule has 0 radical (unpaired) electrons. The number of aliphatic carboxylic acids is 1. The second kappa shape index (κ2) is 16.7. The molecule has 45 heavy (non-hydrogen) atoms. The van der Waals surface area contributed by atoms with Crippen LogP contribution in [0.5, 0.6) is 5.75 Å². The number of carbonyl (C=O) groups excluding carboxylic acids is 4. The number of fused-ring (bicyclic) bond motifs is 1. The summed E-state index contributed by atoms with van der Waals surface area (Å²) in [5.41, 5.74) is 9.10. The van der Waals surface area contributed by atoms with E-state index in [9.17, 15) is 24.0 Å². The molecule has 0 aliphatic carbocycles. The molecule has 3 aromatic rings. The summed E-state index contributed by atoms with van der Waals surface area (Å²) >= 11 is 0. The van der Waals surface area contributed by atoms with Gasteiger partial charge in [-0.2, -0.15) is 0 Å². The summed E-state index contributed by atoms with van der Waals surface area (Å²) in [4.78, 5) is 58.2. The molecule has 4 rings (SSSR count). The summed E-state index contributed by atoms with van der Waals surface area (Å²) in [7, 11) is 0. The average molecular weight is 618 g/mol. The van der Waals surface area contributed by atoms with Crippen LogP contribution < -0.4 is 21.1 Å². The molecule has 0 bridgehead atoms. The third kappa shape index (κ3) is 10.9. The Hall–Kier alpha value is -5.03. The Balaban J connectivity index is 0.000000247. The number of ether oxygens (including phenoxy) is 2.